The lowest BCUT2D eigenvalue weighted by Gasteiger charge is -2.28. The van der Waals surface area contributed by atoms with Crippen molar-refractivity contribution in [2.24, 2.45) is 0 Å². The largest absolute Gasteiger partial charge is 0.456 e. The molecule has 2 heteroatoms. The molecule has 0 amide bonds. The van der Waals surface area contributed by atoms with Crippen molar-refractivity contribution in [2.45, 2.75) is 0 Å². The number of rotatable bonds is 8. The molecule has 0 saturated heterocycles. The van der Waals surface area contributed by atoms with E-state index in [9.17, 15) is 0 Å². The lowest BCUT2D eigenvalue weighted by atomic mass is 9.95. The van der Waals surface area contributed by atoms with Crippen molar-refractivity contribution < 1.29 is 4.42 Å². The number of fused-ring (bicyclic) bond motifs is 4. The Morgan fingerprint density at radius 1 is 0.283 bits per heavy atom. The molecule has 0 saturated carbocycles. The molecule has 11 rings (SSSR count). The topological polar surface area (TPSA) is 16.4 Å². The van der Waals surface area contributed by atoms with Crippen molar-refractivity contribution in [1.29, 1.82) is 0 Å². The van der Waals surface area contributed by atoms with Gasteiger partial charge < -0.3 is 9.32 Å². The zero-order valence-electron chi connectivity index (χ0n) is 32.9. The fourth-order valence-corrected chi connectivity index (χ4v) is 8.67. The number of anilines is 3. The third-order valence-corrected chi connectivity index (χ3v) is 11.7. The Morgan fingerprint density at radius 2 is 0.767 bits per heavy atom. The molecule has 0 aliphatic carbocycles. The molecular weight excluding hydrogens is 727 g/mol. The van der Waals surface area contributed by atoms with Gasteiger partial charge in [0.25, 0.3) is 0 Å². The van der Waals surface area contributed by atoms with Crippen LogP contribution < -0.4 is 4.90 Å². The minimum atomic E-state index is 0.877. The zero-order chi connectivity index (χ0) is 39.8. The van der Waals surface area contributed by atoms with E-state index in [1.54, 1.807) is 0 Å². The standard InChI is InChI=1S/C58H39NO/c1-2-13-40(14-3-1)45-17-12-18-46(37-45)43-31-35-50(36-32-43)59(56-38-47-15-4-6-20-52(47)53-21-8-9-22-54(53)56)49-33-29-42(30-34-49)41-25-27-44(28-26-41)51-19-7-10-23-55(51)58-39-48-16-5-11-24-57(48)60-58/h1-39H. The lowest BCUT2D eigenvalue weighted by Crippen LogP contribution is -2.10. The van der Waals surface area contributed by atoms with E-state index in [4.69, 9.17) is 4.42 Å². The van der Waals surface area contributed by atoms with Crippen LogP contribution in [0.25, 0.3) is 88.3 Å². The Bertz CT molecular complexity index is 3260. The summed E-state index contributed by atoms with van der Waals surface area (Å²) >= 11 is 0. The summed E-state index contributed by atoms with van der Waals surface area (Å²) < 4.78 is 6.29. The predicted molar refractivity (Wildman–Crippen MR) is 253 cm³/mol. The average Bonchev–Trinajstić information content (AvgIpc) is 3.77. The van der Waals surface area contributed by atoms with Gasteiger partial charge in [-0.05, 0) is 109 Å². The molecule has 60 heavy (non-hydrogen) atoms. The van der Waals surface area contributed by atoms with Gasteiger partial charge in [0, 0.05) is 27.7 Å². The Labute approximate surface area is 349 Å². The summed E-state index contributed by atoms with van der Waals surface area (Å²) in [5, 5.41) is 6.02. The van der Waals surface area contributed by atoms with Crippen molar-refractivity contribution in [3.05, 3.63) is 237 Å². The fourth-order valence-electron chi connectivity index (χ4n) is 8.67. The Kier molecular flexibility index (Phi) is 8.87. The van der Waals surface area contributed by atoms with E-state index in [1.165, 1.54) is 43.8 Å². The molecule has 0 N–H and O–H groups in total. The normalized spacial score (nSPS) is 11.3. The maximum atomic E-state index is 6.29. The van der Waals surface area contributed by atoms with Crippen molar-refractivity contribution in [3.63, 3.8) is 0 Å². The summed E-state index contributed by atoms with van der Waals surface area (Å²) in [5.74, 6) is 0.877. The summed E-state index contributed by atoms with van der Waals surface area (Å²) in [7, 11) is 0. The number of hydrogen-bond donors (Lipinski definition) is 0. The van der Waals surface area contributed by atoms with E-state index in [0.29, 0.717) is 0 Å². The van der Waals surface area contributed by atoms with Gasteiger partial charge in [-0.1, -0.05) is 188 Å². The molecule has 0 fully saturated rings. The van der Waals surface area contributed by atoms with Crippen LogP contribution in [0.2, 0.25) is 0 Å². The molecular formula is C58H39NO. The smallest absolute Gasteiger partial charge is 0.136 e. The molecule has 0 spiro atoms. The second-order valence-electron chi connectivity index (χ2n) is 15.3. The van der Waals surface area contributed by atoms with Crippen molar-refractivity contribution in [2.75, 3.05) is 4.90 Å². The third-order valence-electron chi connectivity index (χ3n) is 11.7. The van der Waals surface area contributed by atoms with Crippen molar-refractivity contribution >= 4 is 49.6 Å². The van der Waals surface area contributed by atoms with Crippen LogP contribution in [0.3, 0.4) is 0 Å². The lowest BCUT2D eigenvalue weighted by molar-refractivity contribution is 0.632. The van der Waals surface area contributed by atoms with Crippen LogP contribution >= 0.6 is 0 Å². The summed E-state index contributed by atoms with van der Waals surface area (Å²) in [6.07, 6.45) is 0. The first-order valence-corrected chi connectivity index (χ1v) is 20.5. The molecule has 0 bridgehead atoms. The highest BCUT2D eigenvalue weighted by molar-refractivity contribution is 6.14. The minimum Gasteiger partial charge on any atom is -0.456 e. The zero-order valence-corrected chi connectivity index (χ0v) is 32.9. The van der Waals surface area contributed by atoms with Crippen molar-refractivity contribution in [3.8, 4) is 55.8 Å². The van der Waals surface area contributed by atoms with Gasteiger partial charge in [-0.25, -0.2) is 0 Å². The van der Waals surface area contributed by atoms with Crippen LogP contribution in [0.5, 0.6) is 0 Å². The van der Waals surface area contributed by atoms with Crippen LogP contribution in [0.4, 0.5) is 17.1 Å². The van der Waals surface area contributed by atoms with E-state index in [2.05, 4.69) is 223 Å². The number of furan rings is 1. The van der Waals surface area contributed by atoms with Crippen LogP contribution in [0, 0.1) is 0 Å². The maximum absolute atomic E-state index is 6.29. The van der Waals surface area contributed by atoms with Gasteiger partial charge in [0.15, 0.2) is 0 Å². The summed E-state index contributed by atoms with van der Waals surface area (Å²) in [5.41, 5.74) is 14.7. The second-order valence-corrected chi connectivity index (χ2v) is 15.3. The Morgan fingerprint density at radius 3 is 1.45 bits per heavy atom. The number of para-hydroxylation sites is 1. The van der Waals surface area contributed by atoms with Gasteiger partial charge in [0.05, 0.1) is 5.69 Å². The molecule has 1 heterocycles. The molecule has 0 radical (unpaired) electrons. The van der Waals surface area contributed by atoms with Gasteiger partial charge in [0.2, 0.25) is 0 Å². The third kappa shape index (κ3) is 6.51. The molecule has 0 aliphatic rings. The summed E-state index contributed by atoms with van der Waals surface area (Å²) in [6, 6.07) is 84.8. The molecule has 282 valence electrons. The van der Waals surface area contributed by atoms with Crippen LogP contribution in [-0.4, -0.2) is 0 Å². The summed E-state index contributed by atoms with van der Waals surface area (Å²) in [4.78, 5) is 2.40. The first-order valence-electron chi connectivity index (χ1n) is 20.5. The molecule has 0 aliphatic heterocycles. The van der Waals surface area contributed by atoms with E-state index in [-0.39, 0.29) is 0 Å². The maximum Gasteiger partial charge on any atom is 0.136 e. The average molecular weight is 766 g/mol. The van der Waals surface area contributed by atoms with Crippen molar-refractivity contribution in [1.82, 2.24) is 0 Å². The second kappa shape index (κ2) is 15.1. The quantitative estimate of drug-likeness (QED) is 0.143. The highest BCUT2D eigenvalue weighted by atomic mass is 16.3. The minimum absolute atomic E-state index is 0.877. The number of hydrogen-bond acceptors (Lipinski definition) is 2. The monoisotopic (exact) mass is 765 g/mol. The van der Waals surface area contributed by atoms with Gasteiger partial charge >= 0.3 is 0 Å². The molecule has 11 aromatic rings. The Balaban J connectivity index is 0.959. The molecule has 1 aromatic heterocycles. The van der Waals surface area contributed by atoms with Crippen LogP contribution in [0.15, 0.2) is 241 Å². The molecule has 10 aromatic carbocycles. The van der Waals surface area contributed by atoms with Gasteiger partial charge in [0.1, 0.15) is 11.3 Å². The predicted octanol–water partition coefficient (Wildman–Crippen LogP) is 16.5. The van der Waals surface area contributed by atoms with Crippen LogP contribution in [-0.2, 0) is 0 Å². The van der Waals surface area contributed by atoms with E-state index >= 15 is 0 Å². The highest BCUT2D eigenvalue weighted by Gasteiger charge is 2.18. The molecule has 0 atom stereocenters. The van der Waals surface area contributed by atoms with E-state index in [0.717, 1.165) is 61.6 Å². The van der Waals surface area contributed by atoms with E-state index in [1.807, 2.05) is 18.2 Å². The SMILES string of the molecule is c1ccc(-c2cccc(-c3ccc(N(c4ccc(-c5ccc(-c6ccccc6-c6cc7ccccc7o6)cc5)cc4)c4cc5ccccc5c5ccccc45)cc3)c2)cc1. The first-order chi connectivity index (χ1) is 29.7. The highest BCUT2D eigenvalue weighted by Crippen LogP contribution is 2.43. The van der Waals surface area contributed by atoms with Crippen LogP contribution in [0.1, 0.15) is 0 Å². The molecule has 2 nitrogen and oxygen atoms in total. The van der Waals surface area contributed by atoms with Gasteiger partial charge in [-0.15, -0.1) is 0 Å². The Hall–Kier alpha value is -7.94. The van der Waals surface area contributed by atoms with E-state index < -0.39 is 0 Å². The van der Waals surface area contributed by atoms with Gasteiger partial charge in [-0.3, -0.25) is 0 Å². The van der Waals surface area contributed by atoms with Gasteiger partial charge in [-0.2, -0.15) is 0 Å². The first kappa shape index (κ1) is 35.2. The molecule has 0 unspecified atom stereocenters. The summed E-state index contributed by atoms with van der Waals surface area (Å²) in [6.45, 7) is 0. The number of nitrogens with zero attached hydrogens (tertiary/aromatic N) is 1. The number of benzene rings is 10. The fraction of sp³-hybridized carbons (Fsp3) is 0.